The summed E-state index contributed by atoms with van der Waals surface area (Å²) in [5.41, 5.74) is 3.52. The zero-order valence-electron chi connectivity index (χ0n) is 12.6. The summed E-state index contributed by atoms with van der Waals surface area (Å²) in [4.78, 5) is 16.4. The SMILES string of the molecule is Cc1csc(CC(=O)Cc2ccc(C(C)(C)C)cc2)n1. The lowest BCUT2D eigenvalue weighted by Crippen LogP contribution is -2.11. The summed E-state index contributed by atoms with van der Waals surface area (Å²) >= 11 is 1.56. The van der Waals surface area contributed by atoms with Crippen LogP contribution in [0.25, 0.3) is 0 Å². The van der Waals surface area contributed by atoms with E-state index in [0.717, 1.165) is 16.3 Å². The Balaban J connectivity index is 1.98. The van der Waals surface area contributed by atoms with Gasteiger partial charge in [0.1, 0.15) is 10.8 Å². The molecule has 1 aromatic carbocycles. The van der Waals surface area contributed by atoms with Gasteiger partial charge in [0.2, 0.25) is 0 Å². The van der Waals surface area contributed by atoms with Crippen molar-refractivity contribution in [2.75, 3.05) is 0 Å². The molecule has 0 N–H and O–H groups in total. The molecule has 1 heterocycles. The number of thiazole rings is 1. The summed E-state index contributed by atoms with van der Waals surface area (Å²) in [6.45, 7) is 8.53. The van der Waals surface area contributed by atoms with Gasteiger partial charge in [-0.15, -0.1) is 11.3 Å². The van der Waals surface area contributed by atoms with E-state index >= 15 is 0 Å². The molecule has 20 heavy (non-hydrogen) atoms. The van der Waals surface area contributed by atoms with Crippen molar-refractivity contribution in [2.45, 2.75) is 46.0 Å². The molecular formula is C17H21NOS. The number of benzene rings is 1. The minimum absolute atomic E-state index is 0.154. The Labute approximate surface area is 124 Å². The van der Waals surface area contributed by atoms with Gasteiger partial charge in [0.05, 0.1) is 6.42 Å². The first-order valence-corrected chi connectivity index (χ1v) is 7.75. The molecule has 0 radical (unpaired) electrons. The van der Waals surface area contributed by atoms with Crippen molar-refractivity contribution in [1.82, 2.24) is 4.98 Å². The maximum Gasteiger partial charge on any atom is 0.144 e. The van der Waals surface area contributed by atoms with Gasteiger partial charge >= 0.3 is 0 Å². The molecule has 0 saturated carbocycles. The quantitative estimate of drug-likeness (QED) is 0.847. The number of hydrogen-bond donors (Lipinski definition) is 0. The number of hydrogen-bond acceptors (Lipinski definition) is 3. The number of aromatic nitrogens is 1. The molecule has 0 saturated heterocycles. The van der Waals surface area contributed by atoms with E-state index in [0.29, 0.717) is 12.8 Å². The molecule has 0 fully saturated rings. The fourth-order valence-corrected chi connectivity index (χ4v) is 2.87. The second kappa shape index (κ2) is 5.88. The summed E-state index contributed by atoms with van der Waals surface area (Å²) in [7, 11) is 0. The highest BCUT2D eigenvalue weighted by atomic mass is 32.1. The number of rotatable bonds is 4. The van der Waals surface area contributed by atoms with Crippen LogP contribution in [0.4, 0.5) is 0 Å². The molecule has 0 unspecified atom stereocenters. The van der Waals surface area contributed by atoms with Crippen molar-refractivity contribution in [1.29, 1.82) is 0 Å². The predicted octanol–water partition coefficient (Wildman–Crippen LogP) is 4.10. The predicted molar refractivity (Wildman–Crippen MR) is 84.4 cm³/mol. The van der Waals surface area contributed by atoms with Crippen LogP contribution in [-0.4, -0.2) is 10.8 Å². The first-order chi connectivity index (χ1) is 9.34. The first-order valence-electron chi connectivity index (χ1n) is 6.87. The Hall–Kier alpha value is -1.48. The molecule has 2 aromatic rings. The molecular weight excluding hydrogens is 266 g/mol. The molecule has 3 heteroatoms. The van der Waals surface area contributed by atoms with E-state index in [1.54, 1.807) is 11.3 Å². The lowest BCUT2D eigenvalue weighted by molar-refractivity contribution is -0.117. The topological polar surface area (TPSA) is 30.0 Å². The van der Waals surface area contributed by atoms with E-state index in [-0.39, 0.29) is 11.2 Å². The zero-order chi connectivity index (χ0) is 14.8. The highest BCUT2D eigenvalue weighted by Crippen LogP contribution is 2.22. The van der Waals surface area contributed by atoms with Crippen molar-refractivity contribution in [3.63, 3.8) is 0 Å². The molecule has 2 rings (SSSR count). The lowest BCUT2D eigenvalue weighted by atomic mass is 9.86. The number of carbonyl (C=O) groups is 1. The largest absolute Gasteiger partial charge is 0.299 e. The number of Topliss-reactive ketones (excluding diaryl/α,β-unsaturated/α-hetero) is 1. The molecule has 0 atom stereocenters. The van der Waals surface area contributed by atoms with Gasteiger partial charge in [-0.1, -0.05) is 45.0 Å². The number of carbonyl (C=O) groups excluding carboxylic acids is 1. The van der Waals surface area contributed by atoms with Gasteiger partial charge in [0.25, 0.3) is 0 Å². The summed E-state index contributed by atoms with van der Waals surface area (Å²) < 4.78 is 0. The van der Waals surface area contributed by atoms with E-state index in [2.05, 4.69) is 50.0 Å². The average Bonchev–Trinajstić information content (AvgIpc) is 2.74. The number of aryl methyl sites for hydroxylation is 1. The zero-order valence-corrected chi connectivity index (χ0v) is 13.4. The standard InChI is InChI=1S/C17H21NOS/c1-12-11-20-16(18-12)10-15(19)9-13-5-7-14(8-6-13)17(2,3)4/h5-8,11H,9-10H2,1-4H3. The molecule has 0 aliphatic carbocycles. The van der Waals surface area contributed by atoms with E-state index in [1.165, 1.54) is 5.56 Å². The van der Waals surface area contributed by atoms with Gasteiger partial charge in [-0.3, -0.25) is 4.79 Å². The Bertz CT molecular complexity index is 590. The molecule has 0 bridgehead atoms. The minimum atomic E-state index is 0.154. The van der Waals surface area contributed by atoms with Gasteiger partial charge in [0.15, 0.2) is 0 Å². The van der Waals surface area contributed by atoms with Crippen LogP contribution in [0.1, 0.15) is 42.6 Å². The third-order valence-corrected chi connectivity index (χ3v) is 4.20. The normalized spacial score (nSPS) is 11.6. The Morgan fingerprint density at radius 3 is 2.30 bits per heavy atom. The number of ketones is 1. The Morgan fingerprint density at radius 2 is 1.80 bits per heavy atom. The van der Waals surface area contributed by atoms with Crippen molar-refractivity contribution in [2.24, 2.45) is 0 Å². The van der Waals surface area contributed by atoms with Crippen LogP contribution in [0, 0.1) is 6.92 Å². The fourth-order valence-electron chi connectivity index (χ4n) is 2.07. The van der Waals surface area contributed by atoms with Crippen LogP contribution in [0.15, 0.2) is 29.6 Å². The van der Waals surface area contributed by atoms with Crippen molar-refractivity contribution < 1.29 is 4.79 Å². The second-order valence-electron chi connectivity index (χ2n) is 6.22. The van der Waals surface area contributed by atoms with Crippen LogP contribution in [0.3, 0.4) is 0 Å². The van der Waals surface area contributed by atoms with E-state index in [4.69, 9.17) is 0 Å². The second-order valence-corrected chi connectivity index (χ2v) is 7.16. The molecule has 0 spiro atoms. The molecule has 106 valence electrons. The van der Waals surface area contributed by atoms with Crippen LogP contribution in [-0.2, 0) is 23.1 Å². The molecule has 0 amide bonds. The molecule has 0 aliphatic rings. The third kappa shape index (κ3) is 4.01. The number of nitrogens with zero attached hydrogens (tertiary/aromatic N) is 1. The van der Waals surface area contributed by atoms with E-state index in [9.17, 15) is 4.79 Å². The van der Waals surface area contributed by atoms with Crippen LogP contribution >= 0.6 is 11.3 Å². The van der Waals surface area contributed by atoms with Crippen molar-refractivity contribution >= 4 is 17.1 Å². The van der Waals surface area contributed by atoms with E-state index in [1.807, 2.05) is 12.3 Å². The molecule has 1 aromatic heterocycles. The highest BCUT2D eigenvalue weighted by molar-refractivity contribution is 7.09. The summed E-state index contributed by atoms with van der Waals surface area (Å²) in [5, 5.41) is 2.90. The average molecular weight is 287 g/mol. The summed E-state index contributed by atoms with van der Waals surface area (Å²) in [6.07, 6.45) is 0.933. The summed E-state index contributed by atoms with van der Waals surface area (Å²) in [6, 6.07) is 8.36. The molecule has 0 aliphatic heterocycles. The lowest BCUT2D eigenvalue weighted by Gasteiger charge is -2.19. The summed E-state index contributed by atoms with van der Waals surface area (Å²) in [5.74, 6) is 0.225. The van der Waals surface area contributed by atoms with E-state index < -0.39 is 0 Å². The first kappa shape index (κ1) is 14.9. The van der Waals surface area contributed by atoms with Crippen molar-refractivity contribution in [3.8, 4) is 0 Å². The Kier molecular flexibility index (Phi) is 4.39. The van der Waals surface area contributed by atoms with Gasteiger partial charge in [-0.05, 0) is 23.5 Å². The maximum atomic E-state index is 12.0. The minimum Gasteiger partial charge on any atom is -0.299 e. The smallest absolute Gasteiger partial charge is 0.144 e. The van der Waals surface area contributed by atoms with Gasteiger partial charge in [-0.25, -0.2) is 4.98 Å². The van der Waals surface area contributed by atoms with Gasteiger partial charge < -0.3 is 0 Å². The van der Waals surface area contributed by atoms with Gasteiger partial charge in [0, 0.05) is 17.5 Å². The third-order valence-electron chi connectivity index (χ3n) is 3.24. The van der Waals surface area contributed by atoms with Crippen LogP contribution in [0.2, 0.25) is 0 Å². The van der Waals surface area contributed by atoms with Crippen molar-refractivity contribution in [3.05, 3.63) is 51.5 Å². The van der Waals surface area contributed by atoms with Crippen LogP contribution in [0.5, 0.6) is 0 Å². The molecule has 2 nitrogen and oxygen atoms in total. The maximum absolute atomic E-state index is 12.0. The van der Waals surface area contributed by atoms with Gasteiger partial charge in [-0.2, -0.15) is 0 Å². The fraction of sp³-hybridized carbons (Fsp3) is 0.412. The highest BCUT2D eigenvalue weighted by Gasteiger charge is 2.13. The Morgan fingerprint density at radius 1 is 1.15 bits per heavy atom. The monoisotopic (exact) mass is 287 g/mol. The van der Waals surface area contributed by atoms with Crippen LogP contribution < -0.4 is 0 Å².